The van der Waals surface area contributed by atoms with E-state index in [2.05, 4.69) is 10.3 Å². The zero-order chi connectivity index (χ0) is 15.0. The predicted molar refractivity (Wildman–Crippen MR) is 71.9 cm³/mol. The number of nitrogens with one attached hydrogen (secondary N) is 1. The van der Waals surface area contributed by atoms with Crippen LogP contribution in [0.3, 0.4) is 0 Å². The highest BCUT2D eigenvalue weighted by molar-refractivity contribution is 5.99. The molecule has 0 fully saturated rings. The SMILES string of the molecule is O=C(n1cc(C2=CCNCC2)c2ncccc21)C(F)(F)F. The van der Waals surface area contributed by atoms with Crippen molar-refractivity contribution in [1.29, 1.82) is 0 Å². The molecule has 0 aromatic carbocycles. The first-order valence-corrected chi connectivity index (χ1v) is 6.46. The van der Waals surface area contributed by atoms with Crippen molar-refractivity contribution in [2.24, 2.45) is 0 Å². The molecule has 3 heterocycles. The van der Waals surface area contributed by atoms with Crippen LogP contribution in [0.15, 0.2) is 30.6 Å². The summed E-state index contributed by atoms with van der Waals surface area (Å²) in [5, 5.41) is 3.14. The Hall–Kier alpha value is -2.15. The van der Waals surface area contributed by atoms with E-state index in [9.17, 15) is 18.0 Å². The van der Waals surface area contributed by atoms with E-state index < -0.39 is 12.1 Å². The fourth-order valence-corrected chi connectivity index (χ4v) is 2.47. The number of hydrogen-bond donors (Lipinski definition) is 1. The summed E-state index contributed by atoms with van der Waals surface area (Å²) < 4.78 is 38.7. The van der Waals surface area contributed by atoms with Crippen LogP contribution in [0.25, 0.3) is 16.6 Å². The number of rotatable bonds is 1. The molecule has 0 unspecified atom stereocenters. The second-order valence-electron chi connectivity index (χ2n) is 4.77. The molecular formula is C14H12F3N3O. The Balaban J connectivity index is 2.19. The molecule has 0 saturated heterocycles. The van der Waals surface area contributed by atoms with Gasteiger partial charge in [-0.05, 0) is 30.7 Å². The summed E-state index contributed by atoms with van der Waals surface area (Å²) in [7, 11) is 0. The number of fused-ring (bicyclic) bond motifs is 1. The van der Waals surface area contributed by atoms with Gasteiger partial charge in [0.25, 0.3) is 0 Å². The Kier molecular flexibility index (Phi) is 3.29. The predicted octanol–water partition coefficient (Wildman–Crippen LogP) is 2.62. The van der Waals surface area contributed by atoms with Crippen LogP contribution in [-0.2, 0) is 0 Å². The van der Waals surface area contributed by atoms with Crippen LogP contribution in [0.2, 0.25) is 0 Å². The summed E-state index contributed by atoms with van der Waals surface area (Å²) in [6, 6.07) is 2.99. The summed E-state index contributed by atoms with van der Waals surface area (Å²) >= 11 is 0. The molecular weight excluding hydrogens is 283 g/mol. The standard InChI is InChI=1S/C14H12F3N3O/c15-14(16,17)13(21)20-8-10(9-3-6-18-7-4-9)12-11(20)2-1-5-19-12/h1-3,5,8,18H,4,6-7H2. The molecule has 2 aromatic rings. The van der Waals surface area contributed by atoms with Gasteiger partial charge in [-0.15, -0.1) is 0 Å². The first-order chi connectivity index (χ1) is 9.98. The molecule has 7 heteroatoms. The fourth-order valence-electron chi connectivity index (χ4n) is 2.47. The van der Waals surface area contributed by atoms with Gasteiger partial charge in [-0.2, -0.15) is 13.2 Å². The third kappa shape index (κ3) is 2.44. The number of pyridine rings is 1. The second-order valence-corrected chi connectivity index (χ2v) is 4.77. The lowest BCUT2D eigenvalue weighted by Crippen LogP contribution is -2.28. The van der Waals surface area contributed by atoms with Gasteiger partial charge in [0, 0.05) is 24.5 Å². The topological polar surface area (TPSA) is 46.9 Å². The molecule has 0 bridgehead atoms. The van der Waals surface area contributed by atoms with Gasteiger partial charge in [-0.25, -0.2) is 0 Å². The minimum absolute atomic E-state index is 0.175. The van der Waals surface area contributed by atoms with Gasteiger partial charge >= 0.3 is 12.1 Å². The molecule has 0 saturated carbocycles. The first-order valence-electron chi connectivity index (χ1n) is 6.46. The fraction of sp³-hybridized carbons (Fsp3) is 0.286. The largest absolute Gasteiger partial charge is 0.472 e. The lowest BCUT2D eigenvalue weighted by atomic mass is 10.0. The molecule has 4 nitrogen and oxygen atoms in total. The van der Waals surface area contributed by atoms with Crippen molar-refractivity contribution in [3.8, 4) is 0 Å². The van der Waals surface area contributed by atoms with Gasteiger partial charge in [0.2, 0.25) is 0 Å². The van der Waals surface area contributed by atoms with Crippen LogP contribution in [0.4, 0.5) is 13.2 Å². The Bertz CT molecular complexity index is 731. The second kappa shape index (κ2) is 5.00. The van der Waals surface area contributed by atoms with Crippen LogP contribution in [0, 0.1) is 0 Å². The van der Waals surface area contributed by atoms with Crippen LogP contribution in [0.5, 0.6) is 0 Å². The van der Waals surface area contributed by atoms with E-state index in [4.69, 9.17) is 0 Å². The third-order valence-corrected chi connectivity index (χ3v) is 3.43. The monoisotopic (exact) mass is 295 g/mol. The summed E-state index contributed by atoms with van der Waals surface area (Å²) in [5.41, 5.74) is 2.09. The molecule has 1 N–H and O–H groups in total. The minimum Gasteiger partial charge on any atom is -0.313 e. The van der Waals surface area contributed by atoms with Crippen LogP contribution < -0.4 is 5.32 Å². The maximum atomic E-state index is 12.7. The molecule has 110 valence electrons. The Morgan fingerprint density at radius 1 is 1.38 bits per heavy atom. The lowest BCUT2D eigenvalue weighted by Gasteiger charge is -2.12. The van der Waals surface area contributed by atoms with Gasteiger partial charge in [0.15, 0.2) is 0 Å². The molecule has 1 aliphatic rings. The number of aromatic nitrogens is 2. The van der Waals surface area contributed by atoms with Crippen molar-refractivity contribution < 1.29 is 18.0 Å². The number of carbonyl (C=O) groups is 1. The van der Waals surface area contributed by atoms with E-state index >= 15 is 0 Å². The van der Waals surface area contributed by atoms with Gasteiger partial charge in [-0.3, -0.25) is 14.3 Å². The highest BCUT2D eigenvalue weighted by Crippen LogP contribution is 2.30. The zero-order valence-electron chi connectivity index (χ0n) is 10.9. The summed E-state index contributed by atoms with van der Waals surface area (Å²) in [5.74, 6) is -1.90. The van der Waals surface area contributed by atoms with Crippen LogP contribution in [0.1, 0.15) is 16.8 Å². The average molecular weight is 295 g/mol. The highest BCUT2D eigenvalue weighted by Gasteiger charge is 2.41. The normalized spacial score (nSPS) is 16.0. The first kappa shape index (κ1) is 13.8. The van der Waals surface area contributed by atoms with Crippen molar-refractivity contribution in [2.45, 2.75) is 12.6 Å². The summed E-state index contributed by atoms with van der Waals surface area (Å²) in [6.07, 6.45) is 0.438. The number of halogens is 3. The number of hydrogen-bond acceptors (Lipinski definition) is 3. The van der Waals surface area contributed by atoms with Crippen LogP contribution >= 0.6 is 0 Å². The van der Waals surface area contributed by atoms with E-state index in [0.29, 0.717) is 28.6 Å². The smallest absolute Gasteiger partial charge is 0.313 e. The molecule has 0 aliphatic carbocycles. The average Bonchev–Trinajstić information content (AvgIpc) is 2.86. The van der Waals surface area contributed by atoms with Gasteiger partial charge in [-0.1, -0.05) is 6.08 Å². The molecule has 2 aromatic heterocycles. The number of nitrogens with zero attached hydrogens (tertiary/aromatic N) is 2. The van der Waals surface area contributed by atoms with Crippen molar-refractivity contribution in [3.63, 3.8) is 0 Å². The lowest BCUT2D eigenvalue weighted by molar-refractivity contribution is -0.0942. The van der Waals surface area contributed by atoms with Crippen LogP contribution in [-0.4, -0.2) is 34.7 Å². The summed E-state index contributed by atoms with van der Waals surface area (Å²) in [4.78, 5) is 15.7. The molecule has 3 rings (SSSR count). The van der Waals surface area contributed by atoms with Gasteiger partial charge < -0.3 is 5.32 Å². The molecule has 21 heavy (non-hydrogen) atoms. The van der Waals surface area contributed by atoms with Crippen molar-refractivity contribution in [2.75, 3.05) is 13.1 Å². The third-order valence-electron chi connectivity index (χ3n) is 3.43. The maximum Gasteiger partial charge on any atom is 0.472 e. The number of alkyl halides is 3. The van der Waals surface area contributed by atoms with E-state index in [0.717, 1.165) is 12.1 Å². The van der Waals surface area contributed by atoms with E-state index in [-0.39, 0.29) is 5.52 Å². The molecule has 0 amide bonds. The molecule has 1 aliphatic heterocycles. The van der Waals surface area contributed by atoms with Crippen molar-refractivity contribution >= 4 is 22.5 Å². The highest BCUT2D eigenvalue weighted by atomic mass is 19.4. The van der Waals surface area contributed by atoms with Gasteiger partial charge in [0.1, 0.15) is 0 Å². The molecule has 0 radical (unpaired) electrons. The van der Waals surface area contributed by atoms with E-state index in [1.54, 1.807) is 0 Å². The van der Waals surface area contributed by atoms with E-state index in [1.165, 1.54) is 24.5 Å². The Morgan fingerprint density at radius 3 is 2.86 bits per heavy atom. The van der Waals surface area contributed by atoms with Crippen molar-refractivity contribution in [3.05, 3.63) is 36.2 Å². The minimum atomic E-state index is -4.92. The summed E-state index contributed by atoms with van der Waals surface area (Å²) in [6.45, 7) is 1.40. The number of carbonyl (C=O) groups excluding carboxylic acids is 1. The van der Waals surface area contributed by atoms with Crippen molar-refractivity contribution in [1.82, 2.24) is 14.9 Å². The zero-order valence-corrected chi connectivity index (χ0v) is 10.9. The maximum absolute atomic E-state index is 12.7. The molecule has 0 spiro atoms. The van der Waals surface area contributed by atoms with E-state index in [1.807, 2.05) is 6.08 Å². The Morgan fingerprint density at radius 2 is 2.19 bits per heavy atom. The Labute approximate surface area is 118 Å². The quantitative estimate of drug-likeness (QED) is 0.879. The molecule has 0 atom stereocenters. The van der Waals surface area contributed by atoms with Gasteiger partial charge in [0.05, 0.1) is 11.0 Å².